The van der Waals surface area contributed by atoms with Gasteiger partial charge in [0.2, 0.25) is 0 Å². The quantitative estimate of drug-likeness (QED) is 0.694. The van der Waals surface area contributed by atoms with Crippen LogP contribution in [0, 0.1) is 0 Å². The molecule has 0 bridgehead atoms. The van der Waals surface area contributed by atoms with Gasteiger partial charge in [-0.15, -0.1) is 0 Å². The van der Waals surface area contributed by atoms with Crippen LogP contribution in [0.3, 0.4) is 0 Å². The van der Waals surface area contributed by atoms with Gasteiger partial charge >= 0.3 is 6.18 Å². The Morgan fingerprint density at radius 1 is 1.36 bits per heavy atom. The fourth-order valence-corrected chi connectivity index (χ4v) is 0.396. The highest BCUT2D eigenvalue weighted by atomic mass is 19.4. The molecule has 0 saturated heterocycles. The van der Waals surface area contributed by atoms with Gasteiger partial charge in [0.05, 0.1) is 6.61 Å². The molecule has 5 heteroatoms. The molecule has 0 rings (SSSR count). The molecule has 2 nitrogen and oxygen atoms in total. The van der Waals surface area contributed by atoms with Crippen molar-refractivity contribution in [2.45, 2.75) is 25.6 Å². The van der Waals surface area contributed by atoms with E-state index in [1.807, 2.05) is 0 Å². The highest BCUT2D eigenvalue weighted by molar-refractivity contribution is 4.86. The third-order valence-electron chi connectivity index (χ3n) is 1.25. The molecule has 0 aromatic carbocycles. The van der Waals surface area contributed by atoms with Crippen molar-refractivity contribution in [3.05, 3.63) is 0 Å². The Balaban J connectivity index is 4.00. The Bertz CT molecular complexity index is 121. The number of hydrogen-bond donors (Lipinski definition) is 1. The third kappa shape index (κ3) is 3.07. The first-order valence-electron chi connectivity index (χ1n) is 3.24. The van der Waals surface area contributed by atoms with Crippen molar-refractivity contribution in [2.24, 2.45) is 5.73 Å². The van der Waals surface area contributed by atoms with E-state index in [4.69, 9.17) is 5.73 Å². The first kappa shape index (κ1) is 10.7. The minimum Gasteiger partial charge on any atom is -0.379 e. The van der Waals surface area contributed by atoms with Gasteiger partial charge in [0.1, 0.15) is 5.54 Å². The number of hydrogen-bond acceptors (Lipinski definition) is 2. The second-order valence-electron chi connectivity index (χ2n) is 2.55. The Morgan fingerprint density at radius 3 is 2.09 bits per heavy atom. The molecule has 0 aliphatic heterocycles. The number of rotatable bonds is 3. The number of halogens is 3. The van der Waals surface area contributed by atoms with Crippen LogP contribution >= 0.6 is 0 Å². The van der Waals surface area contributed by atoms with Crippen LogP contribution in [-0.2, 0) is 4.74 Å². The first-order valence-corrected chi connectivity index (χ1v) is 3.24. The van der Waals surface area contributed by atoms with Crippen molar-refractivity contribution in [3.63, 3.8) is 0 Å². The molecule has 11 heavy (non-hydrogen) atoms. The van der Waals surface area contributed by atoms with E-state index in [0.717, 1.165) is 6.92 Å². The summed E-state index contributed by atoms with van der Waals surface area (Å²) in [6.07, 6.45) is -4.40. The molecular weight excluding hydrogens is 159 g/mol. The Kier molecular flexibility index (Phi) is 3.31. The summed E-state index contributed by atoms with van der Waals surface area (Å²) >= 11 is 0. The topological polar surface area (TPSA) is 35.2 Å². The Morgan fingerprint density at radius 2 is 1.82 bits per heavy atom. The average Bonchev–Trinajstić information content (AvgIpc) is 1.81. The highest BCUT2D eigenvalue weighted by Gasteiger charge is 2.48. The zero-order chi connectivity index (χ0) is 9.12. The van der Waals surface area contributed by atoms with Crippen LogP contribution in [-0.4, -0.2) is 24.9 Å². The van der Waals surface area contributed by atoms with E-state index in [2.05, 4.69) is 4.74 Å². The standard InChI is InChI=1S/C6H12F3NO/c1-3-11-4-5(2,10)6(7,8)9/h3-4,10H2,1-2H3. The van der Waals surface area contributed by atoms with E-state index >= 15 is 0 Å². The van der Waals surface area contributed by atoms with E-state index in [0.29, 0.717) is 0 Å². The monoisotopic (exact) mass is 171 g/mol. The molecule has 0 aliphatic carbocycles. The van der Waals surface area contributed by atoms with Gasteiger partial charge < -0.3 is 10.5 Å². The molecule has 0 amide bonds. The number of alkyl halides is 3. The van der Waals surface area contributed by atoms with Crippen LogP contribution in [0.15, 0.2) is 0 Å². The third-order valence-corrected chi connectivity index (χ3v) is 1.25. The largest absolute Gasteiger partial charge is 0.408 e. The van der Waals surface area contributed by atoms with Crippen molar-refractivity contribution in [1.29, 1.82) is 0 Å². The molecule has 0 aromatic rings. The number of nitrogens with two attached hydrogens (primary N) is 1. The first-order chi connectivity index (χ1) is 4.81. The summed E-state index contributed by atoms with van der Waals surface area (Å²) in [5.74, 6) is 0. The minimum atomic E-state index is -4.40. The summed E-state index contributed by atoms with van der Waals surface area (Å²) in [6, 6.07) is 0. The van der Waals surface area contributed by atoms with Crippen LogP contribution < -0.4 is 5.73 Å². The summed E-state index contributed by atoms with van der Waals surface area (Å²) in [4.78, 5) is 0. The summed E-state index contributed by atoms with van der Waals surface area (Å²) in [6.45, 7) is 2.27. The zero-order valence-electron chi connectivity index (χ0n) is 6.53. The van der Waals surface area contributed by atoms with Crippen LogP contribution in [0.5, 0.6) is 0 Å². The molecular formula is C6H12F3NO. The second-order valence-corrected chi connectivity index (χ2v) is 2.55. The lowest BCUT2D eigenvalue weighted by molar-refractivity contribution is -0.194. The smallest absolute Gasteiger partial charge is 0.379 e. The molecule has 1 atom stereocenters. The SMILES string of the molecule is CCOCC(C)(N)C(F)(F)F. The average molecular weight is 171 g/mol. The summed E-state index contributed by atoms with van der Waals surface area (Å²) in [5.41, 5.74) is 2.70. The maximum atomic E-state index is 12.0. The molecule has 0 radical (unpaired) electrons. The highest BCUT2D eigenvalue weighted by Crippen LogP contribution is 2.27. The predicted octanol–water partition coefficient (Wildman–Crippen LogP) is 1.30. The predicted molar refractivity (Wildman–Crippen MR) is 35.1 cm³/mol. The lowest BCUT2D eigenvalue weighted by atomic mass is 10.1. The van der Waals surface area contributed by atoms with Gasteiger partial charge in [0.25, 0.3) is 0 Å². The van der Waals surface area contributed by atoms with Gasteiger partial charge in [-0.2, -0.15) is 13.2 Å². The normalized spacial score (nSPS) is 18.0. The van der Waals surface area contributed by atoms with Crippen molar-refractivity contribution < 1.29 is 17.9 Å². The second kappa shape index (κ2) is 3.40. The molecule has 0 heterocycles. The lowest BCUT2D eigenvalue weighted by Gasteiger charge is -2.26. The van der Waals surface area contributed by atoms with Gasteiger partial charge in [0, 0.05) is 6.61 Å². The summed E-state index contributed by atoms with van der Waals surface area (Å²) in [5, 5.41) is 0. The van der Waals surface area contributed by atoms with Crippen LogP contribution in [0.1, 0.15) is 13.8 Å². The van der Waals surface area contributed by atoms with E-state index in [1.165, 1.54) is 0 Å². The minimum absolute atomic E-state index is 0.239. The van der Waals surface area contributed by atoms with Gasteiger partial charge in [0.15, 0.2) is 0 Å². The van der Waals surface area contributed by atoms with Gasteiger partial charge in [-0.1, -0.05) is 0 Å². The molecule has 68 valence electrons. The van der Waals surface area contributed by atoms with Crippen LogP contribution in [0.25, 0.3) is 0 Å². The summed E-state index contributed by atoms with van der Waals surface area (Å²) < 4.78 is 40.4. The zero-order valence-corrected chi connectivity index (χ0v) is 6.53. The molecule has 1 unspecified atom stereocenters. The van der Waals surface area contributed by atoms with Gasteiger partial charge in [-0.05, 0) is 13.8 Å². The van der Waals surface area contributed by atoms with E-state index in [1.54, 1.807) is 6.92 Å². The lowest BCUT2D eigenvalue weighted by Crippen LogP contribution is -2.54. The van der Waals surface area contributed by atoms with Crippen molar-refractivity contribution in [2.75, 3.05) is 13.2 Å². The molecule has 0 aliphatic rings. The molecule has 0 aromatic heterocycles. The van der Waals surface area contributed by atoms with E-state index in [-0.39, 0.29) is 6.61 Å². The maximum absolute atomic E-state index is 12.0. The molecule has 2 N–H and O–H groups in total. The van der Waals surface area contributed by atoms with Gasteiger partial charge in [-0.25, -0.2) is 0 Å². The van der Waals surface area contributed by atoms with Crippen LogP contribution in [0.4, 0.5) is 13.2 Å². The summed E-state index contributed by atoms with van der Waals surface area (Å²) in [7, 11) is 0. The molecule has 0 fully saturated rings. The van der Waals surface area contributed by atoms with E-state index < -0.39 is 18.3 Å². The van der Waals surface area contributed by atoms with E-state index in [9.17, 15) is 13.2 Å². The molecule has 0 saturated carbocycles. The Hall–Kier alpha value is -0.290. The van der Waals surface area contributed by atoms with Crippen molar-refractivity contribution in [3.8, 4) is 0 Å². The van der Waals surface area contributed by atoms with Gasteiger partial charge in [-0.3, -0.25) is 0 Å². The maximum Gasteiger partial charge on any atom is 0.408 e. The fraction of sp³-hybridized carbons (Fsp3) is 1.00. The van der Waals surface area contributed by atoms with Crippen molar-refractivity contribution in [1.82, 2.24) is 0 Å². The number of ether oxygens (including phenoxy) is 1. The van der Waals surface area contributed by atoms with Crippen LogP contribution in [0.2, 0.25) is 0 Å². The molecule has 0 spiro atoms. The fourth-order valence-electron chi connectivity index (χ4n) is 0.396. The Labute approximate surface area is 63.5 Å². The van der Waals surface area contributed by atoms with Crippen molar-refractivity contribution >= 4 is 0 Å².